The zero-order valence-electron chi connectivity index (χ0n) is 15.0. The number of nitrogens with zero attached hydrogens (tertiary/aromatic N) is 4. The van der Waals surface area contributed by atoms with E-state index in [2.05, 4.69) is 22.3 Å². The van der Waals surface area contributed by atoms with Gasteiger partial charge in [0.25, 0.3) is 5.91 Å². The van der Waals surface area contributed by atoms with Crippen LogP contribution in [-0.2, 0) is 6.42 Å². The first-order valence-electron chi connectivity index (χ1n) is 9.43. The maximum Gasteiger partial charge on any atom is 0.294 e. The van der Waals surface area contributed by atoms with Crippen LogP contribution < -0.4 is 5.32 Å². The number of aromatic nitrogens is 3. The lowest BCUT2D eigenvalue weighted by Crippen LogP contribution is -2.43. The zero-order chi connectivity index (χ0) is 18.1. The number of amides is 1. The minimum absolute atomic E-state index is 0.0515. The molecule has 0 saturated carbocycles. The topological polar surface area (TPSA) is 63.1 Å². The van der Waals surface area contributed by atoms with Crippen LogP contribution in [0.2, 0.25) is 5.02 Å². The molecule has 7 heteroatoms. The highest BCUT2D eigenvalue weighted by molar-refractivity contribution is 6.32. The first kappa shape index (κ1) is 17.5. The highest BCUT2D eigenvalue weighted by atomic mass is 35.5. The molecule has 26 heavy (non-hydrogen) atoms. The Balaban J connectivity index is 1.70. The fourth-order valence-corrected chi connectivity index (χ4v) is 4.28. The van der Waals surface area contributed by atoms with E-state index in [-0.39, 0.29) is 17.8 Å². The van der Waals surface area contributed by atoms with Crippen molar-refractivity contribution in [2.45, 2.75) is 51.1 Å². The van der Waals surface area contributed by atoms with E-state index in [0.29, 0.717) is 11.1 Å². The van der Waals surface area contributed by atoms with Crippen LogP contribution in [0.15, 0.2) is 24.3 Å². The second-order valence-corrected chi connectivity index (χ2v) is 7.46. The van der Waals surface area contributed by atoms with Gasteiger partial charge in [0.1, 0.15) is 5.82 Å². The number of hydrogen-bond donors (Lipinski definition) is 1. The molecule has 1 N–H and O–H groups in total. The molecule has 4 rings (SSSR count). The summed E-state index contributed by atoms with van der Waals surface area (Å²) in [6.07, 6.45) is 4.80. The van der Waals surface area contributed by atoms with E-state index in [4.69, 9.17) is 11.6 Å². The summed E-state index contributed by atoms with van der Waals surface area (Å²) in [5.74, 6) is 1.01. The Morgan fingerprint density at radius 2 is 2.08 bits per heavy atom. The molecule has 3 heterocycles. The third kappa shape index (κ3) is 3.12. The number of carbonyl (C=O) groups excluding carboxylic acids is 1. The number of rotatable bonds is 4. The summed E-state index contributed by atoms with van der Waals surface area (Å²) in [6, 6.07) is 8.08. The lowest BCUT2D eigenvalue weighted by atomic mass is 10.1. The summed E-state index contributed by atoms with van der Waals surface area (Å²) in [4.78, 5) is 19.8. The van der Waals surface area contributed by atoms with Crippen LogP contribution in [0.4, 0.5) is 0 Å². The highest BCUT2D eigenvalue weighted by Crippen LogP contribution is 2.29. The maximum absolute atomic E-state index is 13.2. The molecule has 0 aliphatic carbocycles. The predicted molar refractivity (Wildman–Crippen MR) is 101 cm³/mol. The number of fused-ring (bicyclic) bond motifs is 2. The van der Waals surface area contributed by atoms with Crippen LogP contribution >= 0.6 is 11.6 Å². The molecule has 0 spiro atoms. The van der Waals surface area contributed by atoms with Crippen LogP contribution in [0.25, 0.3) is 5.69 Å². The molecule has 2 bridgehead atoms. The van der Waals surface area contributed by atoms with Gasteiger partial charge in [-0.3, -0.25) is 4.79 Å². The second-order valence-electron chi connectivity index (χ2n) is 7.06. The normalized spacial score (nSPS) is 22.5. The summed E-state index contributed by atoms with van der Waals surface area (Å²) in [5, 5.41) is 8.60. The van der Waals surface area contributed by atoms with E-state index in [1.54, 1.807) is 4.68 Å². The number of nitrogens with one attached hydrogen (secondary N) is 1. The van der Waals surface area contributed by atoms with E-state index < -0.39 is 0 Å². The average molecular weight is 374 g/mol. The molecule has 2 saturated heterocycles. The summed E-state index contributed by atoms with van der Waals surface area (Å²) < 4.78 is 1.73. The van der Waals surface area contributed by atoms with Crippen molar-refractivity contribution in [1.82, 2.24) is 25.0 Å². The first-order valence-corrected chi connectivity index (χ1v) is 9.81. The molecular weight excluding hydrogens is 350 g/mol. The van der Waals surface area contributed by atoms with Crippen molar-refractivity contribution < 1.29 is 4.79 Å². The molecule has 2 fully saturated rings. The van der Waals surface area contributed by atoms with Crippen LogP contribution in [-0.4, -0.2) is 50.7 Å². The van der Waals surface area contributed by atoms with Gasteiger partial charge in [0.15, 0.2) is 0 Å². The van der Waals surface area contributed by atoms with Crippen LogP contribution in [0, 0.1) is 0 Å². The van der Waals surface area contributed by atoms with Crippen molar-refractivity contribution in [3.05, 3.63) is 40.9 Å². The Morgan fingerprint density at radius 1 is 1.27 bits per heavy atom. The number of hydrogen-bond acceptors (Lipinski definition) is 4. The molecule has 1 amide bonds. The standard InChI is InChI=1S/C19H24ClN5O/c1-2-5-17-22-18(23-25(17)16-7-4-3-6-15(16)20)19(26)24-13-8-9-14(24)12-21-11-10-13/h3-4,6-7,13-14,21H,2,5,8-12H2,1H3. The van der Waals surface area contributed by atoms with Gasteiger partial charge in [-0.25, -0.2) is 9.67 Å². The summed E-state index contributed by atoms with van der Waals surface area (Å²) in [7, 11) is 0. The second kappa shape index (κ2) is 7.37. The summed E-state index contributed by atoms with van der Waals surface area (Å²) in [6.45, 7) is 3.91. The molecule has 2 aliphatic rings. The summed E-state index contributed by atoms with van der Waals surface area (Å²) >= 11 is 6.35. The van der Waals surface area contributed by atoms with Crippen molar-refractivity contribution in [1.29, 1.82) is 0 Å². The average Bonchev–Trinajstić information content (AvgIpc) is 3.15. The molecule has 138 valence electrons. The van der Waals surface area contributed by atoms with Crippen LogP contribution in [0.1, 0.15) is 49.1 Å². The van der Waals surface area contributed by atoms with Crippen LogP contribution in [0.3, 0.4) is 0 Å². The van der Waals surface area contributed by atoms with E-state index >= 15 is 0 Å². The number of benzene rings is 1. The Bertz CT molecular complexity index is 791. The Labute approximate surface area is 158 Å². The molecule has 1 aromatic heterocycles. The third-order valence-electron chi connectivity index (χ3n) is 5.31. The SMILES string of the molecule is CCCc1nc(C(=O)N2C3CCNCC2CC3)nn1-c1ccccc1Cl. The van der Waals surface area contributed by atoms with E-state index in [1.807, 2.05) is 29.2 Å². The molecule has 1 aromatic carbocycles. The molecule has 2 aromatic rings. The molecule has 2 aliphatic heterocycles. The zero-order valence-corrected chi connectivity index (χ0v) is 15.7. The van der Waals surface area contributed by atoms with Crippen molar-refractivity contribution in [2.75, 3.05) is 13.1 Å². The van der Waals surface area contributed by atoms with Gasteiger partial charge in [-0.15, -0.1) is 5.10 Å². The molecular formula is C19H24ClN5O. The smallest absolute Gasteiger partial charge is 0.294 e. The Hall–Kier alpha value is -1.92. The van der Waals surface area contributed by atoms with Crippen molar-refractivity contribution in [3.63, 3.8) is 0 Å². The van der Waals surface area contributed by atoms with E-state index in [1.165, 1.54) is 0 Å². The monoisotopic (exact) mass is 373 g/mol. The van der Waals surface area contributed by atoms with Gasteiger partial charge in [0, 0.05) is 25.0 Å². The first-order chi connectivity index (χ1) is 12.7. The van der Waals surface area contributed by atoms with Gasteiger partial charge >= 0.3 is 0 Å². The van der Waals surface area contributed by atoms with Gasteiger partial charge in [-0.05, 0) is 44.4 Å². The molecule has 0 radical (unpaired) electrons. The van der Waals surface area contributed by atoms with Gasteiger partial charge in [0.2, 0.25) is 5.82 Å². The van der Waals surface area contributed by atoms with E-state index in [9.17, 15) is 4.79 Å². The minimum atomic E-state index is -0.0515. The summed E-state index contributed by atoms with van der Waals surface area (Å²) in [5.41, 5.74) is 0.768. The molecule has 2 atom stereocenters. The minimum Gasteiger partial charge on any atom is -0.329 e. The number of para-hydroxylation sites is 1. The lowest BCUT2D eigenvalue weighted by Gasteiger charge is -2.26. The highest BCUT2D eigenvalue weighted by Gasteiger charge is 2.39. The number of aryl methyl sites for hydroxylation is 1. The van der Waals surface area contributed by atoms with Crippen molar-refractivity contribution >= 4 is 17.5 Å². The predicted octanol–water partition coefficient (Wildman–Crippen LogP) is 2.84. The van der Waals surface area contributed by atoms with Gasteiger partial charge < -0.3 is 10.2 Å². The quantitative estimate of drug-likeness (QED) is 0.895. The van der Waals surface area contributed by atoms with Gasteiger partial charge in [-0.2, -0.15) is 0 Å². The lowest BCUT2D eigenvalue weighted by molar-refractivity contribution is 0.0667. The van der Waals surface area contributed by atoms with Crippen molar-refractivity contribution in [3.8, 4) is 5.69 Å². The fourth-order valence-electron chi connectivity index (χ4n) is 4.07. The third-order valence-corrected chi connectivity index (χ3v) is 5.63. The molecule has 6 nitrogen and oxygen atoms in total. The van der Waals surface area contributed by atoms with Gasteiger partial charge in [-0.1, -0.05) is 30.7 Å². The van der Waals surface area contributed by atoms with E-state index in [0.717, 1.165) is 56.7 Å². The Morgan fingerprint density at radius 3 is 2.88 bits per heavy atom. The van der Waals surface area contributed by atoms with Crippen LogP contribution in [0.5, 0.6) is 0 Å². The number of carbonyl (C=O) groups is 1. The fraction of sp³-hybridized carbons (Fsp3) is 0.526. The maximum atomic E-state index is 13.2. The van der Waals surface area contributed by atoms with Gasteiger partial charge in [0.05, 0.1) is 10.7 Å². The van der Waals surface area contributed by atoms with Crippen molar-refractivity contribution in [2.24, 2.45) is 0 Å². The largest absolute Gasteiger partial charge is 0.329 e. The Kier molecular flexibility index (Phi) is 4.96. The molecule has 2 unspecified atom stereocenters. The number of halogens is 1.